The van der Waals surface area contributed by atoms with Crippen molar-refractivity contribution in [3.8, 4) is 11.4 Å². The molecule has 3 rings (SSSR count). The third kappa shape index (κ3) is 4.70. The van der Waals surface area contributed by atoms with Gasteiger partial charge in [-0.05, 0) is 23.6 Å². The number of benzene rings is 2. The molecule has 0 fully saturated rings. The van der Waals surface area contributed by atoms with E-state index in [1.807, 2.05) is 54.6 Å². The van der Waals surface area contributed by atoms with Gasteiger partial charge in [-0.2, -0.15) is 0 Å². The first-order valence-electron chi connectivity index (χ1n) is 8.12. The fraction of sp³-hybridized carbons (Fsp3) is 0.211. The van der Waals surface area contributed by atoms with Gasteiger partial charge in [0.05, 0.1) is 5.75 Å². The van der Waals surface area contributed by atoms with Crippen LogP contribution in [0, 0.1) is 0 Å². The molecule has 0 spiro atoms. The lowest BCUT2D eigenvalue weighted by Crippen LogP contribution is -2.14. The zero-order valence-electron chi connectivity index (χ0n) is 14.2. The first-order valence-corrected chi connectivity index (χ1v) is 9.11. The van der Waals surface area contributed by atoms with Gasteiger partial charge in [0.25, 0.3) is 0 Å². The predicted molar refractivity (Wildman–Crippen MR) is 102 cm³/mol. The molecule has 25 heavy (non-hydrogen) atoms. The lowest BCUT2D eigenvalue weighted by molar-refractivity contribution is -0.113. The molecule has 5 nitrogen and oxygen atoms in total. The first kappa shape index (κ1) is 17.2. The van der Waals surface area contributed by atoms with Gasteiger partial charge in [0.1, 0.15) is 0 Å². The van der Waals surface area contributed by atoms with Crippen LogP contribution in [-0.2, 0) is 4.79 Å². The van der Waals surface area contributed by atoms with E-state index in [0.717, 1.165) is 11.3 Å². The van der Waals surface area contributed by atoms with Gasteiger partial charge in [-0.25, -0.2) is 4.98 Å². The van der Waals surface area contributed by atoms with E-state index < -0.39 is 0 Å². The predicted octanol–water partition coefficient (Wildman–Crippen LogP) is 4.33. The Labute approximate surface area is 151 Å². The summed E-state index contributed by atoms with van der Waals surface area (Å²) in [4.78, 5) is 16.5. The van der Waals surface area contributed by atoms with Crippen LogP contribution < -0.4 is 5.32 Å². The van der Waals surface area contributed by atoms with E-state index in [9.17, 15) is 4.79 Å². The van der Waals surface area contributed by atoms with Crippen LogP contribution >= 0.6 is 11.8 Å². The molecule has 1 amide bonds. The van der Waals surface area contributed by atoms with Gasteiger partial charge in [-0.1, -0.05) is 68.1 Å². The fourth-order valence-corrected chi connectivity index (χ4v) is 2.91. The summed E-state index contributed by atoms with van der Waals surface area (Å²) in [5.41, 5.74) is 3.02. The molecule has 0 aliphatic heterocycles. The summed E-state index contributed by atoms with van der Waals surface area (Å²) in [6.07, 6.45) is 0. The van der Waals surface area contributed by atoms with Crippen molar-refractivity contribution >= 4 is 23.4 Å². The number of aromatic nitrogens is 3. The number of amides is 1. The molecule has 3 aromatic rings. The van der Waals surface area contributed by atoms with Crippen molar-refractivity contribution in [2.45, 2.75) is 24.9 Å². The number of anilines is 1. The van der Waals surface area contributed by atoms with Crippen LogP contribution in [-0.4, -0.2) is 26.8 Å². The second-order valence-electron chi connectivity index (χ2n) is 5.95. The summed E-state index contributed by atoms with van der Waals surface area (Å²) >= 11 is 1.31. The van der Waals surface area contributed by atoms with E-state index in [0.29, 0.717) is 16.9 Å². The highest BCUT2D eigenvalue weighted by Crippen LogP contribution is 2.20. The second-order valence-corrected chi connectivity index (χ2v) is 6.89. The van der Waals surface area contributed by atoms with E-state index in [4.69, 9.17) is 0 Å². The SMILES string of the molecule is CC(C)c1ccc(NC(=O)CSc2n[nH]c(-c3ccccc3)n2)cc1. The minimum absolute atomic E-state index is 0.0756. The average molecular weight is 352 g/mol. The zero-order valence-corrected chi connectivity index (χ0v) is 15.0. The summed E-state index contributed by atoms with van der Waals surface area (Å²) in [7, 11) is 0. The minimum Gasteiger partial charge on any atom is -0.325 e. The Morgan fingerprint density at radius 1 is 1.12 bits per heavy atom. The smallest absolute Gasteiger partial charge is 0.234 e. The number of H-pyrrole nitrogens is 1. The maximum Gasteiger partial charge on any atom is 0.234 e. The van der Waals surface area contributed by atoms with Crippen molar-refractivity contribution in [3.63, 3.8) is 0 Å². The van der Waals surface area contributed by atoms with Crippen molar-refractivity contribution in [3.05, 3.63) is 60.2 Å². The third-order valence-corrected chi connectivity index (χ3v) is 4.55. The Hall–Kier alpha value is -2.60. The van der Waals surface area contributed by atoms with Crippen LogP contribution in [0.1, 0.15) is 25.3 Å². The van der Waals surface area contributed by atoms with E-state index >= 15 is 0 Å². The Morgan fingerprint density at radius 2 is 1.84 bits per heavy atom. The molecule has 6 heteroatoms. The average Bonchev–Trinajstić information content (AvgIpc) is 3.10. The third-order valence-electron chi connectivity index (χ3n) is 3.71. The number of aromatic amines is 1. The summed E-state index contributed by atoms with van der Waals surface area (Å²) in [6, 6.07) is 17.7. The number of hydrogen-bond donors (Lipinski definition) is 2. The first-order chi connectivity index (χ1) is 12.1. The Morgan fingerprint density at radius 3 is 2.52 bits per heavy atom. The normalized spacial score (nSPS) is 10.8. The van der Waals surface area contributed by atoms with Crippen LogP contribution in [0.15, 0.2) is 59.8 Å². The lowest BCUT2D eigenvalue weighted by atomic mass is 10.0. The molecule has 1 aromatic heterocycles. The number of carbonyl (C=O) groups excluding carboxylic acids is 1. The number of carbonyl (C=O) groups is 1. The second kappa shape index (κ2) is 7.98. The molecule has 0 bridgehead atoms. The summed E-state index contributed by atoms with van der Waals surface area (Å²) in [5.74, 6) is 1.36. The number of rotatable bonds is 6. The van der Waals surface area contributed by atoms with E-state index in [1.165, 1.54) is 17.3 Å². The van der Waals surface area contributed by atoms with E-state index in [1.54, 1.807) is 0 Å². The molecule has 0 aliphatic carbocycles. The molecule has 1 heterocycles. The van der Waals surface area contributed by atoms with Crippen LogP contribution in [0.5, 0.6) is 0 Å². The van der Waals surface area contributed by atoms with Crippen LogP contribution in [0.25, 0.3) is 11.4 Å². The number of hydrogen-bond acceptors (Lipinski definition) is 4. The van der Waals surface area contributed by atoms with Crippen molar-refractivity contribution in [1.82, 2.24) is 15.2 Å². The molecular weight excluding hydrogens is 332 g/mol. The monoisotopic (exact) mass is 352 g/mol. The van der Waals surface area contributed by atoms with Gasteiger partial charge < -0.3 is 5.32 Å². The number of nitrogens with zero attached hydrogens (tertiary/aromatic N) is 2. The standard InChI is InChI=1S/C19H20N4OS/c1-13(2)14-8-10-16(11-9-14)20-17(24)12-25-19-21-18(22-23-19)15-6-4-3-5-7-15/h3-11,13H,12H2,1-2H3,(H,20,24)(H,21,22,23). The Kier molecular flexibility index (Phi) is 5.50. The summed E-state index contributed by atoms with van der Waals surface area (Å²) < 4.78 is 0. The van der Waals surface area contributed by atoms with Crippen LogP contribution in [0.3, 0.4) is 0 Å². The highest BCUT2D eigenvalue weighted by Gasteiger charge is 2.09. The molecule has 0 unspecified atom stereocenters. The highest BCUT2D eigenvalue weighted by molar-refractivity contribution is 7.99. The molecule has 128 valence electrons. The van der Waals surface area contributed by atoms with E-state index in [-0.39, 0.29) is 11.7 Å². The van der Waals surface area contributed by atoms with Gasteiger partial charge in [0.15, 0.2) is 5.82 Å². The highest BCUT2D eigenvalue weighted by atomic mass is 32.2. The Balaban J connectivity index is 1.53. The minimum atomic E-state index is -0.0756. The van der Waals surface area contributed by atoms with Crippen molar-refractivity contribution < 1.29 is 4.79 Å². The molecule has 0 aliphatic rings. The van der Waals surface area contributed by atoms with Crippen LogP contribution in [0.2, 0.25) is 0 Å². The topological polar surface area (TPSA) is 70.7 Å². The number of nitrogens with one attached hydrogen (secondary N) is 2. The number of thioether (sulfide) groups is 1. The molecule has 2 aromatic carbocycles. The van der Waals surface area contributed by atoms with Gasteiger partial charge in [0.2, 0.25) is 11.1 Å². The van der Waals surface area contributed by atoms with Crippen LogP contribution in [0.4, 0.5) is 5.69 Å². The van der Waals surface area contributed by atoms with Crippen molar-refractivity contribution in [1.29, 1.82) is 0 Å². The lowest BCUT2D eigenvalue weighted by Gasteiger charge is -2.08. The molecule has 0 radical (unpaired) electrons. The fourth-order valence-electron chi connectivity index (χ4n) is 2.31. The van der Waals surface area contributed by atoms with Gasteiger partial charge >= 0.3 is 0 Å². The molecular formula is C19H20N4OS. The maximum atomic E-state index is 12.1. The summed E-state index contributed by atoms with van der Waals surface area (Å²) in [6.45, 7) is 4.29. The quantitative estimate of drug-likeness (QED) is 0.648. The van der Waals surface area contributed by atoms with Crippen molar-refractivity contribution in [2.24, 2.45) is 0 Å². The zero-order chi connectivity index (χ0) is 17.6. The largest absolute Gasteiger partial charge is 0.325 e. The maximum absolute atomic E-state index is 12.1. The summed E-state index contributed by atoms with van der Waals surface area (Å²) in [5, 5.41) is 10.5. The van der Waals surface area contributed by atoms with E-state index in [2.05, 4.69) is 34.3 Å². The molecule has 0 atom stereocenters. The molecule has 0 saturated carbocycles. The van der Waals surface area contributed by atoms with Crippen molar-refractivity contribution in [2.75, 3.05) is 11.1 Å². The molecule has 2 N–H and O–H groups in total. The van der Waals surface area contributed by atoms with Gasteiger partial charge in [-0.15, -0.1) is 5.10 Å². The van der Waals surface area contributed by atoms with Gasteiger partial charge in [0, 0.05) is 11.3 Å². The van der Waals surface area contributed by atoms with Gasteiger partial charge in [-0.3, -0.25) is 9.89 Å². The Bertz CT molecular complexity index is 828. The molecule has 0 saturated heterocycles.